The molecule has 4 aromatic rings. The topological polar surface area (TPSA) is 30.7 Å². The van der Waals surface area contributed by atoms with Gasteiger partial charge in [-0.3, -0.25) is 0 Å². The van der Waals surface area contributed by atoms with E-state index in [9.17, 15) is 0 Å². The number of hydrogen-bond acceptors (Lipinski definition) is 4. The Morgan fingerprint density at radius 2 is 1.92 bits per heavy atom. The molecule has 0 atom stereocenters. The summed E-state index contributed by atoms with van der Waals surface area (Å²) in [6, 6.07) is 19.2. The molecule has 0 radical (unpaired) electrons. The van der Waals surface area contributed by atoms with Crippen molar-refractivity contribution >= 4 is 33.9 Å². The van der Waals surface area contributed by atoms with E-state index in [1.807, 2.05) is 6.08 Å². The monoisotopic (exact) mass is 377 g/mol. The van der Waals surface area contributed by atoms with Crippen molar-refractivity contribution in [2.24, 2.45) is 0 Å². The van der Waals surface area contributed by atoms with Crippen LogP contribution in [0.25, 0.3) is 10.8 Å². The number of aromatic nitrogens is 3. The summed E-state index contributed by atoms with van der Waals surface area (Å²) >= 11 is 3.49. The van der Waals surface area contributed by atoms with Crippen LogP contribution >= 0.6 is 23.1 Å². The molecule has 0 N–H and O–H groups in total. The van der Waals surface area contributed by atoms with Crippen LogP contribution in [-0.4, -0.2) is 14.8 Å². The zero-order chi connectivity index (χ0) is 17.8. The normalized spacial score (nSPS) is 11.1. The summed E-state index contributed by atoms with van der Waals surface area (Å²) in [5.41, 5.74) is 1.32. The van der Waals surface area contributed by atoms with Crippen LogP contribution in [0.4, 0.5) is 0 Å². The van der Waals surface area contributed by atoms with Crippen LogP contribution in [0.5, 0.6) is 0 Å². The lowest BCUT2D eigenvalue weighted by atomic mass is 10.1. The van der Waals surface area contributed by atoms with Crippen molar-refractivity contribution in [1.82, 2.24) is 14.8 Å². The molecule has 0 bridgehead atoms. The molecule has 2 aromatic heterocycles. The summed E-state index contributed by atoms with van der Waals surface area (Å²) in [7, 11) is 0. The molecule has 2 heterocycles. The Bertz CT molecular complexity index is 1010. The zero-order valence-electron chi connectivity index (χ0n) is 14.3. The van der Waals surface area contributed by atoms with Gasteiger partial charge in [-0.1, -0.05) is 66.4 Å². The maximum atomic E-state index is 4.44. The summed E-state index contributed by atoms with van der Waals surface area (Å²) in [5.74, 6) is 1.86. The summed E-state index contributed by atoms with van der Waals surface area (Å²) in [6.07, 6.45) is 2.72. The molecule has 3 nitrogen and oxygen atoms in total. The molecule has 0 amide bonds. The molecule has 4 rings (SSSR count). The Balaban J connectivity index is 1.57. The molecule has 0 aliphatic rings. The second-order valence-corrected chi connectivity index (χ2v) is 7.96. The first-order valence-corrected chi connectivity index (χ1v) is 10.4. The van der Waals surface area contributed by atoms with E-state index in [0.717, 1.165) is 29.7 Å². The molecule has 130 valence electrons. The van der Waals surface area contributed by atoms with E-state index in [2.05, 4.69) is 81.3 Å². The number of thioether (sulfide) groups is 1. The molecule has 26 heavy (non-hydrogen) atoms. The first-order valence-electron chi connectivity index (χ1n) is 8.50. The van der Waals surface area contributed by atoms with Gasteiger partial charge in [0.25, 0.3) is 0 Å². The minimum Gasteiger partial charge on any atom is -0.302 e. The molecule has 0 saturated heterocycles. The molecular formula is C21H19N3S2. The molecule has 0 aliphatic carbocycles. The molecule has 0 spiro atoms. The first-order chi connectivity index (χ1) is 12.8. The Morgan fingerprint density at radius 1 is 1.04 bits per heavy atom. The Labute approximate surface area is 161 Å². The predicted octanol–water partition coefficient (Wildman–Crippen LogP) is 5.56. The van der Waals surface area contributed by atoms with Gasteiger partial charge in [-0.2, -0.15) is 0 Å². The van der Waals surface area contributed by atoms with Crippen LogP contribution in [-0.2, 0) is 18.7 Å². The summed E-state index contributed by atoms with van der Waals surface area (Å²) < 4.78 is 2.17. The van der Waals surface area contributed by atoms with E-state index >= 15 is 0 Å². The van der Waals surface area contributed by atoms with Gasteiger partial charge in [0.2, 0.25) is 0 Å². The second kappa shape index (κ2) is 7.89. The van der Waals surface area contributed by atoms with E-state index in [-0.39, 0.29) is 0 Å². The van der Waals surface area contributed by atoms with Gasteiger partial charge in [0.05, 0.1) is 0 Å². The van der Waals surface area contributed by atoms with Crippen molar-refractivity contribution in [3.8, 4) is 0 Å². The highest BCUT2D eigenvalue weighted by atomic mass is 32.2. The van der Waals surface area contributed by atoms with Crippen LogP contribution < -0.4 is 0 Å². The summed E-state index contributed by atoms with van der Waals surface area (Å²) in [4.78, 5) is 1.30. The lowest BCUT2D eigenvalue weighted by molar-refractivity contribution is 0.692. The summed E-state index contributed by atoms with van der Waals surface area (Å²) in [5, 5.41) is 14.5. The number of allylic oxidation sites excluding steroid dienone is 1. The van der Waals surface area contributed by atoms with Crippen LogP contribution in [0.3, 0.4) is 0 Å². The Morgan fingerprint density at radius 3 is 2.77 bits per heavy atom. The standard InChI is InChI=1S/C21H19N3S2/c1-2-12-24-20(14-18-10-6-13-25-18)22-23-21(24)26-15-17-9-5-8-16-7-3-4-11-19(16)17/h2-11,13H,1,12,14-15H2. The maximum absolute atomic E-state index is 4.44. The minimum atomic E-state index is 0.728. The molecule has 5 heteroatoms. The van der Waals surface area contributed by atoms with E-state index in [0.29, 0.717) is 0 Å². The van der Waals surface area contributed by atoms with Gasteiger partial charge < -0.3 is 4.57 Å². The quantitative estimate of drug-likeness (QED) is 0.312. The van der Waals surface area contributed by atoms with E-state index < -0.39 is 0 Å². The van der Waals surface area contributed by atoms with Gasteiger partial charge in [-0.15, -0.1) is 28.1 Å². The number of nitrogens with zero attached hydrogens (tertiary/aromatic N) is 3. The van der Waals surface area contributed by atoms with Crippen LogP contribution in [0.1, 0.15) is 16.3 Å². The lowest BCUT2D eigenvalue weighted by Crippen LogP contribution is -2.04. The molecule has 0 aliphatic heterocycles. The number of rotatable bonds is 7. The molecule has 2 aromatic carbocycles. The summed E-state index contributed by atoms with van der Waals surface area (Å²) in [6.45, 7) is 4.62. The third-order valence-corrected chi connectivity index (χ3v) is 6.15. The fourth-order valence-corrected chi connectivity index (χ4v) is 4.67. The fourth-order valence-electron chi connectivity index (χ4n) is 3.00. The Hall–Kier alpha value is -2.37. The third-order valence-electron chi connectivity index (χ3n) is 4.25. The average molecular weight is 378 g/mol. The van der Waals surface area contributed by atoms with Gasteiger partial charge in [0.15, 0.2) is 5.16 Å². The number of fused-ring (bicyclic) bond motifs is 1. The van der Waals surface area contributed by atoms with Crippen LogP contribution in [0.15, 0.2) is 77.8 Å². The lowest BCUT2D eigenvalue weighted by Gasteiger charge is -2.09. The van der Waals surface area contributed by atoms with Crippen molar-refractivity contribution in [1.29, 1.82) is 0 Å². The molecular weight excluding hydrogens is 358 g/mol. The van der Waals surface area contributed by atoms with Crippen molar-refractivity contribution in [3.63, 3.8) is 0 Å². The SMILES string of the molecule is C=CCn1c(Cc2cccs2)nnc1SCc1cccc2ccccc12. The second-order valence-electron chi connectivity index (χ2n) is 5.98. The number of benzene rings is 2. The zero-order valence-corrected chi connectivity index (χ0v) is 16.0. The smallest absolute Gasteiger partial charge is 0.191 e. The molecule has 0 fully saturated rings. The highest BCUT2D eigenvalue weighted by Crippen LogP contribution is 2.27. The van der Waals surface area contributed by atoms with Gasteiger partial charge in [-0.25, -0.2) is 0 Å². The largest absolute Gasteiger partial charge is 0.302 e. The predicted molar refractivity (Wildman–Crippen MR) is 111 cm³/mol. The van der Waals surface area contributed by atoms with Crippen LogP contribution in [0, 0.1) is 0 Å². The van der Waals surface area contributed by atoms with Crippen molar-refractivity contribution in [3.05, 3.63) is 88.9 Å². The van der Waals surface area contributed by atoms with Crippen molar-refractivity contribution < 1.29 is 0 Å². The number of thiophene rings is 1. The number of hydrogen-bond donors (Lipinski definition) is 0. The van der Waals surface area contributed by atoms with Crippen LogP contribution in [0.2, 0.25) is 0 Å². The average Bonchev–Trinajstić information content (AvgIpc) is 3.31. The molecule has 0 unspecified atom stereocenters. The Kier molecular flexibility index (Phi) is 5.18. The van der Waals surface area contributed by atoms with Gasteiger partial charge in [0.1, 0.15) is 5.82 Å². The van der Waals surface area contributed by atoms with Gasteiger partial charge in [0, 0.05) is 23.6 Å². The molecule has 0 saturated carbocycles. The van der Waals surface area contributed by atoms with Crippen molar-refractivity contribution in [2.45, 2.75) is 23.9 Å². The van der Waals surface area contributed by atoms with Gasteiger partial charge >= 0.3 is 0 Å². The van der Waals surface area contributed by atoms with E-state index in [1.54, 1.807) is 23.1 Å². The van der Waals surface area contributed by atoms with E-state index in [1.165, 1.54) is 21.2 Å². The fraction of sp³-hybridized carbons (Fsp3) is 0.143. The highest BCUT2D eigenvalue weighted by molar-refractivity contribution is 7.98. The minimum absolute atomic E-state index is 0.728. The third kappa shape index (κ3) is 3.59. The highest BCUT2D eigenvalue weighted by Gasteiger charge is 2.13. The van der Waals surface area contributed by atoms with Gasteiger partial charge in [-0.05, 0) is 27.8 Å². The van der Waals surface area contributed by atoms with E-state index in [4.69, 9.17) is 0 Å². The first kappa shape index (κ1) is 17.1. The maximum Gasteiger partial charge on any atom is 0.191 e. The van der Waals surface area contributed by atoms with Crippen molar-refractivity contribution in [2.75, 3.05) is 0 Å².